The molecule has 0 spiro atoms. The van der Waals surface area contributed by atoms with Crippen molar-refractivity contribution in [2.75, 3.05) is 20.2 Å². The number of piperidine rings is 1. The minimum absolute atomic E-state index is 0.0458. The summed E-state index contributed by atoms with van der Waals surface area (Å²) < 4.78 is 36.7. The lowest BCUT2D eigenvalue weighted by molar-refractivity contribution is -0.133. The second kappa shape index (κ2) is 10.9. The van der Waals surface area contributed by atoms with Gasteiger partial charge in [0, 0.05) is 56.3 Å². The largest absolute Gasteiger partial charge is 0.497 e. The van der Waals surface area contributed by atoms with Crippen LogP contribution in [0.5, 0.6) is 5.75 Å². The Morgan fingerprint density at radius 2 is 1.82 bits per heavy atom. The molecule has 2 aromatic heterocycles. The van der Waals surface area contributed by atoms with Crippen LogP contribution in [-0.4, -0.2) is 64.3 Å². The van der Waals surface area contributed by atoms with E-state index < -0.39 is 10.0 Å². The van der Waals surface area contributed by atoms with E-state index in [1.54, 1.807) is 35.9 Å². The second-order valence-corrected chi connectivity index (χ2v) is 12.0. The van der Waals surface area contributed by atoms with Crippen LogP contribution in [0.25, 0.3) is 11.3 Å². The number of hydrogen-bond donors (Lipinski definition) is 0. The number of nitrogens with zero attached hydrogens (tertiary/aromatic N) is 5. The van der Waals surface area contributed by atoms with Crippen LogP contribution >= 0.6 is 0 Å². The third kappa shape index (κ3) is 5.19. The lowest BCUT2D eigenvalue weighted by atomic mass is 10.00. The molecule has 0 saturated carbocycles. The molecule has 1 atom stereocenters. The SMILES string of the molecule is COc1cc(C)c(S(=O)(=O)N2CCCCC2CCC(=O)N2CCn3cc(-c4ccncc4)nc3C2)c(C)c1. The van der Waals surface area contributed by atoms with Crippen molar-refractivity contribution in [3.63, 3.8) is 0 Å². The van der Waals surface area contributed by atoms with Crippen LogP contribution in [-0.2, 0) is 27.9 Å². The van der Waals surface area contributed by atoms with Gasteiger partial charge in [-0.2, -0.15) is 4.31 Å². The number of amides is 1. The molecule has 1 saturated heterocycles. The van der Waals surface area contributed by atoms with Gasteiger partial charge in [0.1, 0.15) is 11.6 Å². The highest BCUT2D eigenvalue weighted by Gasteiger charge is 2.36. The molecule has 2 aliphatic rings. The quantitative estimate of drug-likeness (QED) is 0.453. The van der Waals surface area contributed by atoms with Gasteiger partial charge in [0.25, 0.3) is 0 Å². The number of carbonyl (C=O) groups excluding carboxylic acids is 1. The van der Waals surface area contributed by atoms with Gasteiger partial charge in [0.05, 0.1) is 24.2 Å². The molecule has 1 amide bonds. The molecule has 202 valence electrons. The number of aromatic nitrogens is 3. The molecule has 0 bridgehead atoms. The van der Waals surface area contributed by atoms with Crippen LogP contribution in [0.4, 0.5) is 0 Å². The smallest absolute Gasteiger partial charge is 0.243 e. The third-order valence-electron chi connectivity index (χ3n) is 7.63. The zero-order valence-corrected chi connectivity index (χ0v) is 23.1. The van der Waals surface area contributed by atoms with Crippen LogP contribution in [0.1, 0.15) is 49.1 Å². The van der Waals surface area contributed by atoms with Gasteiger partial charge >= 0.3 is 0 Å². The van der Waals surface area contributed by atoms with Gasteiger partial charge in [-0.1, -0.05) is 6.42 Å². The summed E-state index contributed by atoms with van der Waals surface area (Å²) in [5, 5.41) is 0. The van der Waals surface area contributed by atoms with Crippen LogP contribution in [0.2, 0.25) is 0 Å². The molecule has 10 heteroatoms. The summed E-state index contributed by atoms with van der Waals surface area (Å²) in [6.45, 7) is 5.87. The maximum absolute atomic E-state index is 13.8. The molecular formula is C28H35N5O4S. The Morgan fingerprint density at radius 1 is 1.08 bits per heavy atom. The molecule has 0 radical (unpaired) electrons. The van der Waals surface area contributed by atoms with E-state index >= 15 is 0 Å². The van der Waals surface area contributed by atoms with Crippen molar-refractivity contribution in [2.24, 2.45) is 0 Å². The molecule has 1 fully saturated rings. The molecule has 3 aromatic rings. The Bertz CT molecular complexity index is 1400. The van der Waals surface area contributed by atoms with Crippen molar-refractivity contribution >= 4 is 15.9 Å². The molecule has 0 N–H and O–H groups in total. The molecule has 4 heterocycles. The number of benzene rings is 1. The number of hydrogen-bond acceptors (Lipinski definition) is 6. The minimum Gasteiger partial charge on any atom is -0.497 e. The fourth-order valence-corrected chi connectivity index (χ4v) is 7.85. The number of fused-ring (bicyclic) bond motifs is 1. The number of pyridine rings is 1. The lowest BCUT2D eigenvalue weighted by Gasteiger charge is -2.36. The Balaban J connectivity index is 1.26. The normalized spacial score (nSPS) is 18.3. The maximum atomic E-state index is 13.8. The molecule has 0 aliphatic carbocycles. The zero-order chi connectivity index (χ0) is 26.9. The van der Waals surface area contributed by atoms with Crippen molar-refractivity contribution in [1.29, 1.82) is 0 Å². The van der Waals surface area contributed by atoms with Gasteiger partial charge in [-0.25, -0.2) is 13.4 Å². The molecule has 1 unspecified atom stereocenters. The molecule has 1 aromatic carbocycles. The van der Waals surface area contributed by atoms with E-state index in [0.717, 1.165) is 36.3 Å². The molecule has 5 rings (SSSR count). The average molecular weight is 538 g/mol. The number of ether oxygens (including phenoxy) is 1. The minimum atomic E-state index is -3.70. The summed E-state index contributed by atoms with van der Waals surface area (Å²) in [5.41, 5.74) is 3.24. The highest BCUT2D eigenvalue weighted by atomic mass is 32.2. The van der Waals surface area contributed by atoms with Gasteiger partial charge < -0.3 is 14.2 Å². The predicted molar refractivity (Wildman–Crippen MR) is 144 cm³/mol. The van der Waals surface area contributed by atoms with E-state index in [2.05, 4.69) is 9.55 Å². The standard InChI is InChI=1S/C28H35N5O4S/c1-20-16-24(37-3)17-21(2)28(20)38(35,36)33-13-5-4-6-23(33)7-8-27(34)32-15-14-31-18-25(30-26(31)19-32)22-9-11-29-12-10-22/h9-12,16-18,23H,4-8,13-15,19H2,1-3H3. The number of aryl methyl sites for hydroxylation is 2. The maximum Gasteiger partial charge on any atom is 0.243 e. The van der Waals surface area contributed by atoms with E-state index in [0.29, 0.717) is 60.8 Å². The number of rotatable bonds is 7. The summed E-state index contributed by atoms with van der Waals surface area (Å²) in [7, 11) is -2.12. The topological polar surface area (TPSA) is 97.6 Å². The summed E-state index contributed by atoms with van der Waals surface area (Å²) in [5.74, 6) is 1.56. The first-order chi connectivity index (χ1) is 18.3. The highest BCUT2D eigenvalue weighted by molar-refractivity contribution is 7.89. The summed E-state index contributed by atoms with van der Waals surface area (Å²) >= 11 is 0. The molecule has 38 heavy (non-hydrogen) atoms. The van der Waals surface area contributed by atoms with E-state index in [-0.39, 0.29) is 11.9 Å². The summed E-state index contributed by atoms with van der Waals surface area (Å²) in [6.07, 6.45) is 8.90. The fraction of sp³-hybridized carbons (Fsp3) is 0.464. The van der Waals surface area contributed by atoms with Gasteiger partial charge in [-0.05, 0) is 68.5 Å². The van der Waals surface area contributed by atoms with Crippen molar-refractivity contribution in [3.8, 4) is 17.0 Å². The van der Waals surface area contributed by atoms with Gasteiger partial charge in [0.2, 0.25) is 15.9 Å². The van der Waals surface area contributed by atoms with E-state index in [1.165, 1.54) is 0 Å². The van der Waals surface area contributed by atoms with Gasteiger partial charge in [0.15, 0.2) is 0 Å². The van der Waals surface area contributed by atoms with Gasteiger partial charge in [-0.15, -0.1) is 0 Å². The van der Waals surface area contributed by atoms with E-state index in [4.69, 9.17) is 9.72 Å². The lowest BCUT2D eigenvalue weighted by Crippen LogP contribution is -2.45. The number of sulfonamides is 1. The highest BCUT2D eigenvalue weighted by Crippen LogP contribution is 2.33. The third-order valence-corrected chi connectivity index (χ3v) is 9.89. The number of methoxy groups -OCH3 is 1. The first kappa shape index (κ1) is 26.4. The first-order valence-electron chi connectivity index (χ1n) is 13.2. The Morgan fingerprint density at radius 3 is 2.53 bits per heavy atom. The second-order valence-electron chi connectivity index (χ2n) is 10.2. The monoisotopic (exact) mass is 537 g/mol. The average Bonchev–Trinajstić information content (AvgIpc) is 3.35. The first-order valence-corrected chi connectivity index (χ1v) is 14.6. The van der Waals surface area contributed by atoms with Crippen LogP contribution in [0, 0.1) is 13.8 Å². The molecular weight excluding hydrogens is 502 g/mol. The van der Waals surface area contributed by atoms with E-state index in [1.807, 2.05) is 37.1 Å². The number of imidazole rings is 1. The summed E-state index contributed by atoms with van der Waals surface area (Å²) in [4.78, 5) is 24.2. The molecule has 2 aliphatic heterocycles. The van der Waals surface area contributed by atoms with Crippen molar-refractivity contribution in [1.82, 2.24) is 23.7 Å². The zero-order valence-electron chi connectivity index (χ0n) is 22.3. The number of carbonyl (C=O) groups is 1. The fourth-order valence-electron chi connectivity index (χ4n) is 5.71. The van der Waals surface area contributed by atoms with Crippen LogP contribution in [0.3, 0.4) is 0 Å². The van der Waals surface area contributed by atoms with E-state index in [9.17, 15) is 13.2 Å². The molecule has 9 nitrogen and oxygen atoms in total. The Kier molecular flexibility index (Phi) is 7.54. The van der Waals surface area contributed by atoms with Crippen LogP contribution in [0.15, 0.2) is 47.8 Å². The Hall–Kier alpha value is -3.24. The van der Waals surface area contributed by atoms with Crippen LogP contribution < -0.4 is 4.74 Å². The Labute approximate surface area is 224 Å². The van der Waals surface area contributed by atoms with Crippen molar-refractivity contribution in [3.05, 3.63) is 59.8 Å². The van der Waals surface area contributed by atoms with Gasteiger partial charge in [-0.3, -0.25) is 9.78 Å². The predicted octanol–water partition coefficient (Wildman–Crippen LogP) is 3.94. The van der Waals surface area contributed by atoms with Crippen molar-refractivity contribution < 1.29 is 17.9 Å². The summed E-state index contributed by atoms with van der Waals surface area (Å²) in [6, 6.07) is 7.20. The van der Waals surface area contributed by atoms with Crippen molar-refractivity contribution in [2.45, 2.75) is 70.0 Å².